The molecule has 2 aromatic heterocycles. The molecule has 0 atom stereocenters. The van der Waals surface area contributed by atoms with Crippen molar-refractivity contribution in [3.8, 4) is 11.4 Å². The van der Waals surface area contributed by atoms with E-state index >= 15 is 0 Å². The van der Waals surface area contributed by atoms with Gasteiger partial charge in [-0.3, -0.25) is 9.89 Å². The van der Waals surface area contributed by atoms with Gasteiger partial charge in [-0.2, -0.15) is 10.2 Å². The van der Waals surface area contributed by atoms with Crippen molar-refractivity contribution in [2.75, 3.05) is 7.11 Å². The van der Waals surface area contributed by atoms with Gasteiger partial charge in [0.25, 0.3) is 5.91 Å². The minimum Gasteiger partial charge on any atom is -0.465 e. The van der Waals surface area contributed by atoms with Gasteiger partial charge in [-0.15, -0.1) is 0 Å². The van der Waals surface area contributed by atoms with Crippen LogP contribution in [-0.2, 0) is 11.8 Å². The SMILES string of the molecule is COC(=O)c1ccc(/C=N\NC(=O)c2cc(-c3cccn3C)n[nH]2)cc1. The number of hydrogen-bond donors (Lipinski definition) is 2. The molecule has 1 aromatic carbocycles. The van der Waals surface area contributed by atoms with Crippen LogP contribution in [0.1, 0.15) is 26.4 Å². The topological polar surface area (TPSA) is 101 Å². The average Bonchev–Trinajstić information content (AvgIpc) is 3.30. The number of hydrazone groups is 1. The van der Waals surface area contributed by atoms with E-state index in [-0.39, 0.29) is 0 Å². The number of aromatic amines is 1. The molecule has 0 saturated heterocycles. The summed E-state index contributed by atoms with van der Waals surface area (Å²) in [6.45, 7) is 0. The molecule has 3 rings (SSSR count). The molecule has 0 fully saturated rings. The number of aromatic nitrogens is 3. The zero-order valence-corrected chi connectivity index (χ0v) is 14.3. The summed E-state index contributed by atoms with van der Waals surface area (Å²) >= 11 is 0. The van der Waals surface area contributed by atoms with Crippen LogP contribution in [0.3, 0.4) is 0 Å². The summed E-state index contributed by atoms with van der Waals surface area (Å²) in [7, 11) is 3.23. The fourth-order valence-electron chi connectivity index (χ4n) is 2.35. The molecule has 0 aliphatic carbocycles. The van der Waals surface area contributed by atoms with Crippen LogP contribution >= 0.6 is 0 Å². The van der Waals surface area contributed by atoms with E-state index in [0.717, 1.165) is 11.3 Å². The number of hydrogen-bond acceptors (Lipinski definition) is 5. The van der Waals surface area contributed by atoms with Gasteiger partial charge >= 0.3 is 5.97 Å². The highest BCUT2D eigenvalue weighted by Gasteiger charge is 2.11. The summed E-state index contributed by atoms with van der Waals surface area (Å²) in [5.74, 6) is -0.810. The normalized spacial score (nSPS) is 10.8. The van der Waals surface area contributed by atoms with E-state index in [1.807, 2.05) is 29.9 Å². The van der Waals surface area contributed by atoms with Crippen molar-refractivity contribution < 1.29 is 14.3 Å². The molecule has 0 aliphatic rings. The number of carbonyl (C=O) groups is 2. The summed E-state index contributed by atoms with van der Waals surface area (Å²) in [4.78, 5) is 23.5. The second-order valence-electron chi connectivity index (χ2n) is 5.48. The van der Waals surface area contributed by atoms with Gasteiger partial charge in [0.05, 0.1) is 24.6 Å². The summed E-state index contributed by atoms with van der Waals surface area (Å²) in [5, 5.41) is 10.7. The summed E-state index contributed by atoms with van der Waals surface area (Å²) in [5.41, 5.74) is 5.48. The molecule has 0 spiro atoms. The second kappa shape index (κ2) is 7.47. The zero-order chi connectivity index (χ0) is 18.5. The van der Waals surface area contributed by atoms with Gasteiger partial charge in [-0.25, -0.2) is 10.2 Å². The van der Waals surface area contributed by atoms with Gasteiger partial charge in [-0.05, 0) is 35.9 Å². The predicted octanol–water partition coefficient (Wildman–Crippen LogP) is 1.97. The molecule has 0 aliphatic heterocycles. The standard InChI is InChI=1S/C18H17N5O3/c1-23-9-3-4-16(23)14-10-15(21-20-14)17(24)22-19-11-12-5-7-13(8-6-12)18(25)26-2/h3-11H,1-2H3,(H,20,21)(H,22,24)/b19-11-. The molecular formula is C18H17N5O3. The highest BCUT2D eigenvalue weighted by molar-refractivity contribution is 5.94. The predicted molar refractivity (Wildman–Crippen MR) is 95.8 cm³/mol. The fraction of sp³-hybridized carbons (Fsp3) is 0.111. The number of methoxy groups -OCH3 is 1. The van der Waals surface area contributed by atoms with Gasteiger partial charge in [0.1, 0.15) is 11.4 Å². The van der Waals surface area contributed by atoms with Gasteiger partial charge < -0.3 is 9.30 Å². The van der Waals surface area contributed by atoms with Crippen LogP contribution in [0, 0.1) is 0 Å². The summed E-state index contributed by atoms with van der Waals surface area (Å²) in [6.07, 6.45) is 3.38. The van der Waals surface area contributed by atoms with E-state index in [0.29, 0.717) is 17.0 Å². The Morgan fingerprint density at radius 1 is 1.27 bits per heavy atom. The number of amides is 1. The Morgan fingerprint density at radius 2 is 2.04 bits per heavy atom. The molecule has 2 heterocycles. The number of nitrogens with zero attached hydrogens (tertiary/aromatic N) is 3. The first-order chi connectivity index (χ1) is 12.6. The maximum atomic E-state index is 12.1. The molecule has 0 bridgehead atoms. The Balaban J connectivity index is 1.62. The lowest BCUT2D eigenvalue weighted by molar-refractivity contribution is 0.0600. The van der Waals surface area contributed by atoms with Crippen molar-refractivity contribution in [1.29, 1.82) is 0 Å². The molecule has 0 unspecified atom stereocenters. The fourth-order valence-corrected chi connectivity index (χ4v) is 2.35. The highest BCUT2D eigenvalue weighted by Crippen LogP contribution is 2.17. The molecule has 2 N–H and O–H groups in total. The van der Waals surface area contributed by atoms with Crippen LogP contribution in [-0.4, -0.2) is 40.0 Å². The van der Waals surface area contributed by atoms with E-state index < -0.39 is 11.9 Å². The number of ether oxygens (including phenoxy) is 1. The van der Waals surface area contributed by atoms with Gasteiger partial charge in [0.15, 0.2) is 0 Å². The number of nitrogens with one attached hydrogen (secondary N) is 2. The van der Waals surface area contributed by atoms with Crippen LogP contribution in [0.2, 0.25) is 0 Å². The minimum absolute atomic E-state index is 0.305. The molecule has 0 saturated carbocycles. The highest BCUT2D eigenvalue weighted by atomic mass is 16.5. The van der Waals surface area contributed by atoms with Crippen molar-refractivity contribution in [2.24, 2.45) is 12.1 Å². The van der Waals surface area contributed by atoms with E-state index in [9.17, 15) is 9.59 Å². The monoisotopic (exact) mass is 351 g/mol. The molecule has 0 radical (unpaired) electrons. The van der Waals surface area contributed by atoms with Crippen molar-refractivity contribution >= 4 is 18.1 Å². The number of esters is 1. The third kappa shape index (κ3) is 3.69. The Morgan fingerprint density at radius 3 is 2.69 bits per heavy atom. The Hall–Kier alpha value is -3.68. The van der Waals surface area contributed by atoms with Crippen molar-refractivity contribution in [3.63, 3.8) is 0 Å². The van der Waals surface area contributed by atoms with Gasteiger partial charge in [-0.1, -0.05) is 12.1 Å². The quantitative estimate of drug-likeness (QED) is 0.417. The van der Waals surface area contributed by atoms with Gasteiger partial charge in [0.2, 0.25) is 0 Å². The summed E-state index contributed by atoms with van der Waals surface area (Å²) < 4.78 is 6.54. The molecule has 3 aromatic rings. The maximum absolute atomic E-state index is 12.1. The first kappa shape index (κ1) is 17.2. The van der Waals surface area contributed by atoms with Crippen molar-refractivity contribution in [3.05, 3.63) is 65.5 Å². The first-order valence-electron chi connectivity index (χ1n) is 7.77. The number of H-pyrrole nitrogens is 1. The van der Waals surface area contributed by atoms with Crippen molar-refractivity contribution in [1.82, 2.24) is 20.2 Å². The molecule has 132 valence electrons. The Bertz CT molecular complexity index is 953. The maximum Gasteiger partial charge on any atom is 0.337 e. The van der Waals surface area contributed by atoms with Crippen LogP contribution in [0.5, 0.6) is 0 Å². The van der Waals surface area contributed by atoms with E-state index in [4.69, 9.17) is 0 Å². The average molecular weight is 351 g/mol. The number of benzene rings is 1. The summed E-state index contributed by atoms with van der Waals surface area (Å²) in [6, 6.07) is 12.1. The molecule has 8 nitrogen and oxygen atoms in total. The van der Waals surface area contributed by atoms with Crippen LogP contribution in [0.25, 0.3) is 11.4 Å². The second-order valence-corrected chi connectivity index (χ2v) is 5.48. The lowest BCUT2D eigenvalue weighted by Gasteiger charge is -1.99. The number of rotatable bonds is 5. The van der Waals surface area contributed by atoms with E-state index in [2.05, 4.69) is 25.5 Å². The minimum atomic E-state index is -0.407. The molecule has 8 heteroatoms. The van der Waals surface area contributed by atoms with E-state index in [1.165, 1.54) is 13.3 Å². The van der Waals surface area contributed by atoms with Crippen molar-refractivity contribution in [2.45, 2.75) is 0 Å². The lowest BCUT2D eigenvalue weighted by Crippen LogP contribution is -2.18. The van der Waals surface area contributed by atoms with Gasteiger partial charge in [0, 0.05) is 13.2 Å². The Kier molecular flexibility index (Phi) is 4.93. The smallest absolute Gasteiger partial charge is 0.337 e. The van der Waals surface area contributed by atoms with Crippen LogP contribution < -0.4 is 5.43 Å². The van der Waals surface area contributed by atoms with Crippen LogP contribution in [0.4, 0.5) is 0 Å². The van der Waals surface area contributed by atoms with E-state index in [1.54, 1.807) is 30.3 Å². The van der Waals surface area contributed by atoms with Crippen LogP contribution in [0.15, 0.2) is 53.8 Å². The lowest BCUT2D eigenvalue weighted by atomic mass is 10.1. The number of aryl methyl sites for hydroxylation is 1. The molecule has 1 amide bonds. The largest absolute Gasteiger partial charge is 0.465 e. The third-order valence-corrected chi connectivity index (χ3v) is 3.74. The molecule has 26 heavy (non-hydrogen) atoms. The molecular weight excluding hydrogens is 334 g/mol. The third-order valence-electron chi connectivity index (χ3n) is 3.74. The Labute approximate surface area is 149 Å². The first-order valence-corrected chi connectivity index (χ1v) is 7.77. The number of carbonyl (C=O) groups excluding carboxylic acids is 2. The zero-order valence-electron chi connectivity index (χ0n) is 14.3.